The van der Waals surface area contributed by atoms with Gasteiger partial charge in [-0.05, 0) is 44.8 Å². The molecule has 0 aliphatic carbocycles. The molecule has 4 aromatic carbocycles. The first kappa shape index (κ1) is 14.2. The summed E-state index contributed by atoms with van der Waals surface area (Å²) in [7, 11) is 0. The zero-order valence-electron chi connectivity index (χ0n) is 12.5. The lowest BCUT2D eigenvalue weighted by Gasteiger charge is -2.08. The molecule has 0 unspecified atom stereocenters. The van der Waals surface area contributed by atoms with Gasteiger partial charge in [-0.15, -0.1) is 0 Å². The van der Waals surface area contributed by atoms with Crippen molar-refractivity contribution < 1.29 is 0 Å². The van der Waals surface area contributed by atoms with E-state index < -0.39 is 0 Å². The Bertz CT molecular complexity index is 1030. The van der Waals surface area contributed by atoms with Gasteiger partial charge in [0.2, 0.25) is 0 Å². The minimum Gasteiger partial charge on any atom is -0.0616 e. The fourth-order valence-electron chi connectivity index (χ4n) is 3.01. The van der Waals surface area contributed by atoms with E-state index in [2.05, 4.69) is 101 Å². The Kier molecular flexibility index (Phi) is 3.72. The van der Waals surface area contributed by atoms with Gasteiger partial charge >= 0.3 is 0 Å². The fraction of sp³-hybridized carbons (Fsp3) is 0. The molecule has 0 heterocycles. The van der Waals surface area contributed by atoms with Crippen LogP contribution in [0.3, 0.4) is 0 Å². The van der Waals surface area contributed by atoms with Crippen molar-refractivity contribution in [2.75, 3.05) is 0 Å². The maximum Gasteiger partial charge on any atom is 0.0247 e. The van der Waals surface area contributed by atoms with E-state index in [-0.39, 0.29) is 0 Å². The van der Waals surface area contributed by atoms with E-state index >= 15 is 0 Å². The molecule has 0 radical (unpaired) electrons. The summed E-state index contributed by atoms with van der Waals surface area (Å²) >= 11 is 3.61. The largest absolute Gasteiger partial charge is 0.0616 e. The molecule has 0 spiro atoms. The van der Waals surface area contributed by atoms with Crippen LogP contribution in [0.25, 0.3) is 33.7 Å². The molecule has 110 valence electrons. The summed E-state index contributed by atoms with van der Waals surface area (Å²) in [4.78, 5) is 0. The Hall–Kier alpha value is -2.38. The fourth-order valence-corrected chi connectivity index (χ4v) is 3.43. The summed E-state index contributed by atoms with van der Waals surface area (Å²) in [6.07, 6.45) is 4.37. The van der Waals surface area contributed by atoms with Gasteiger partial charge in [0.15, 0.2) is 0 Å². The van der Waals surface area contributed by atoms with Gasteiger partial charge in [-0.2, -0.15) is 0 Å². The molecule has 0 bridgehead atoms. The highest BCUT2D eigenvalue weighted by Gasteiger charge is 2.04. The molecule has 4 aromatic rings. The molecule has 0 aromatic heterocycles. The van der Waals surface area contributed by atoms with Crippen LogP contribution in [0.2, 0.25) is 0 Å². The summed E-state index contributed by atoms with van der Waals surface area (Å²) < 4.78 is 1.11. The second kappa shape index (κ2) is 6.02. The lowest BCUT2D eigenvalue weighted by molar-refractivity contribution is 1.60. The van der Waals surface area contributed by atoms with Crippen LogP contribution in [0.5, 0.6) is 0 Å². The zero-order valence-corrected chi connectivity index (χ0v) is 14.1. The van der Waals surface area contributed by atoms with Crippen molar-refractivity contribution in [3.8, 4) is 0 Å². The van der Waals surface area contributed by atoms with Gasteiger partial charge in [-0.3, -0.25) is 0 Å². The monoisotopic (exact) mass is 358 g/mol. The van der Waals surface area contributed by atoms with Crippen LogP contribution in [0.15, 0.2) is 83.3 Å². The van der Waals surface area contributed by atoms with Crippen molar-refractivity contribution in [2.24, 2.45) is 0 Å². The molecule has 0 fully saturated rings. The summed E-state index contributed by atoms with van der Waals surface area (Å²) in [6, 6.07) is 27.7. The molecule has 0 N–H and O–H groups in total. The van der Waals surface area contributed by atoms with Gasteiger partial charge < -0.3 is 0 Å². The summed E-state index contributed by atoms with van der Waals surface area (Å²) in [5.74, 6) is 0. The average molecular weight is 359 g/mol. The Morgan fingerprint density at radius 1 is 0.565 bits per heavy atom. The van der Waals surface area contributed by atoms with Crippen LogP contribution >= 0.6 is 15.9 Å². The van der Waals surface area contributed by atoms with E-state index in [1.807, 2.05) is 6.07 Å². The maximum absolute atomic E-state index is 3.61. The molecule has 0 atom stereocenters. The predicted octanol–water partition coefficient (Wildman–Crippen LogP) is 6.93. The molecule has 0 aliphatic heterocycles. The Morgan fingerprint density at radius 3 is 2.00 bits per heavy atom. The Labute approximate surface area is 144 Å². The predicted molar refractivity (Wildman–Crippen MR) is 105 cm³/mol. The van der Waals surface area contributed by atoms with E-state index in [4.69, 9.17) is 0 Å². The SMILES string of the molecule is Brc1ccccc1/C=C/c1cc2ccccc2c2ccccc12. The standard InChI is InChI=1S/C22H15Br/c23-22-12-6-2-7-16(22)13-14-18-15-17-8-1-3-9-19(17)21-11-5-4-10-20(18)21/h1-15H/b14-13+. The van der Waals surface area contributed by atoms with Crippen molar-refractivity contribution in [3.63, 3.8) is 0 Å². The lowest BCUT2D eigenvalue weighted by atomic mass is 9.97. The van der Waals surface area contributed by atoms with Gasteiger partial charge in [0.1, 0.15) is 0 Å². The van der Waals surface area contributed by atoms with Crippen molar-refractivity contribution >= 4 is 49.6 Å². The molecule has 0 saturated heterocycles. The second-order valence-corrected chi connectivity index (χ2v) is 6.44. The van der Waals surface area contributed by atoms with Crippen molar-refractivity contribution in [3.05, 3.63) is 94.5 Å². The quantitative estimate of drug-likeness (QED) is 0.269. The van der Waals surface area contributed by atoms with Crippen LogP contribution in [-0.4, -0.2) is 0 Å². The number of hydrogen-bond donors (Lipinski definition) is 0. The number of rotatable bonds is 2. The molecular weight excluding hydrogens is 344 g/mol. The molecule has 0 nitrogen and oxygen atoms in total. The maximum atomic E-state index is 3.61. The van der Waals surface area contributed by atoms with Gasteiger partial charge in [0, 0.05) is 4.47 Å². The van der Waals surface area contributed by atoms with Crippen molar-refractivity contribution in [2.45, 2.75) is 0 Å². The first-order chi connectivity index (χ1) is 11.3. The topological polar surface area (TPSA) is 0 Å². The minimum atomic E-state index is 1.11. The smallest absolute Gasteiger partial charge is 0.0247 e. The summed E-state index contributed by atoms with van der Waals surface area (Å²) in [6.45, 7) is 0. The lowest BCUT2D eigenvalue weighted by Crippen LogP contribution is -1.82. The Balaban J connectivity index is 1.93. The highest BCUT2D eigenvalue weighted by Crippen LogP contribution is 2.30. The molecular formula is C22H15Br. The highest BCUT2D eigenvalue weighted by molar-refractivity contribution is 9.10. The van der Waals surface area contributed by atoms with Gasteiger partial charge in [-0.1, -0.05) is 94.8 Å². The van der Waals surface area contributed by atoms with Gasteiger partial charge in [0.05, 0.1) is 0 Å². The number of halogens is 1. The third-order valence-electron chi connectivity index (χ3n) is 4.15. The van der Waals surface area contributed by atoms with Crippen molar-refractivity contribution in [1.29, 1.82) is 0 Å². The number of hydrogen-bond acceptors (Lipinski definition) is 0. The van der Waals surface area contributed by atoms with Crippen LogP contribution in [0.1, 0.15) is 11.1 Å². The summed E-state index contributed by atoms with van der Waals surface area (Å²) in [5, 5.41) is 5.17. The van der Waals surface area contributed by atoms with Gasteiger partial charge in [-0.25, -0.2) is 0 Å². The normalized spacial score (nSPS) is 11.5. The van der Waals surface area contributed by atoms with Crippen LogP contribution in [0.4, 0.5) is 0 Å². The van der Waals surface area contributed by atoms with Crippen LogP contribution in [0, 0.1) is 0 Å². The number of fused-ring (bicyclic) bond motifs is 3. The molecule has 0 aliphatic rings. The first-order valence-corrected chi connectivity index (χ1v) is 8.45. The van der Waals surface area contributed by atoms with Crippen LogP contribution < -0.4 is 0 Å². The van der Waals surface area contributed by atoms with E-state index in [9.17, 15) is 0 Å². The third-order valence-corrected chi connectivity index (χ3v) is 4.87. The first-order valence-electron chi connectivity index (χ1n) is 7.66. The van der Waals surface area contributed by atoms with Crippen LogP contribution in [-0.2, 0) is 0 Å². The highest BCUT2D eigenvalue weighted by atomic mass is 79.9. The average Bonchev–Trinajstić information content (AvgIpc) is 2.61. The molecule has 0 amide bonds. The molecule has 4 rings (SSSR count). The van der Waals surface area contributed by atoms with E-state index in [0.717, 1.165) is 4.47 Å². The molecule has 0 saturated carbocycles. The van der Waals surface area contributed by atoms with E-state index in [0.29, 0.717) is 0 Å². The second-order valence-electron chi connectivity index (χ2n) is 5.59. The van der Waals surface area contributed by atoms with Crippen molar-refractivity contribution in [1.82, 2.24) is 0 Å². The molecule has 1 heteroatoms. The van der Waals surface area contributed by atoms with E-state index in [1.165, 1.54) is 32.7 Å². The zero-order chi connectivity index (χ0) is 15.6. The van der Waals surface area contributed by atoms with Gasteiger partial charge in [0.25, 0.3) is 0 Å². The summed E-state index contributed by atoms with van der Waals surface area (Å²) in [5.41, 5.74) is 2.43. The third kappa shape index (κ3) is 2.69. The Morgan fingerprint density at radius 2 is 1.17 bits per heavy atom. The minimum absolute atomic E-state index is 1.11. The van der Waals surface area contributed by atoms with E-state index in [1.54, 1.807) is 0 Å². The molecule has 23 heavy (non-hydrogen) atoms. The number of benzene rings is 4.